The van der Waals surface area contributed by atoms with Gasteiger partial charge in [-0.1, -0.05) is 6.07 Å². The summed E-state index contributed by atoms with van der Waals surface area (Å²) < 4.78 is 2.12. The van der Waals surface area contributed by atoms with Crippen molar-refractivity contribution in [3.63, 3.8) is 0 Å². The highest BCUT2D eigenvalue weighted by Gasteiger charge is 2.10. The summed E-state index contributed by atoms with van der Waals surface area (Å²) in [5.74, 6) is -0.0995. The number of aromatic carboxylic acids is 1. The highest BCUT2D eigenvalue weighted by molar-refractivity contribution is 7.98. The van der Waals surface area contributed by atoms with Gasteiger partial charge in [0.1, 0.15) is 0 Å². The molecule has 1 N–H and O–H groups in total. The standard InChI is InChI=1S/C15H18N2O2S/c1-10(2)17-9-16-7-12(17)8-20-13-5-4-11(3)14(6-13)15(18)19/h4-7,9-10H,8H2,1-3H3,(H,18,19). The van der Waals surface area contributed by atoms with E-state index in [0.717, 1.165) is 21.9 Å². The highest BCUT2D eigenvalue weighted by Crippen LogP contribution is 2.26. The van der Waals surface area contributed by atoms with Crippen molar-refractivity contribution < 1.29 is 9.90 Å². The van der Waals surface area contributed by atoms with Crippen LogP contribution in [0.25, 0.3) is 0 Å². The van der Waals surface area contributed by atoms with Gasteiger partial charge in [0.25, 0.3) is 0 Å². The molecule has 0 bridgehead atoms. The third-order valence-corrected chi connectivity index (χ3v) is 4.16. The molecule has 1 aromatic carbocycles. The first-order valence-electron chi connectivity index (χ1n) is 6.46. The molecule has 0 unspecified atom stereocenters. The highest BCUT2D eigenvalue weighted by atomic mass is 32.2. The Balaban J connectivity index is 2.13. The van der Waals surface area contributed by atoms with Crippen molar-refractivity contribution in [3.05, 3.63) is 47.5 Å². The number of carboxylic acids is 1. The third-order valence-electron chi connectivity index (χ3n) is 3.13. The summed E-state index contributed by atoms with van der Waals surface area (Å²) in [6.45, 7) is 6.04. The van der Waals surface area contributed by atoms with Gasteiger partial charge in [0.2, 0.25) is 0 Å². The second-order valence-electron chi connectivity index (χ2n) is 4.96. The molecule has 0 fully saturated rings. The molecule has 2 rings (SSSR count). The molecule has 0 amide bonds. The number of aromatic nitrogens is 2. The summed E-state index contributed by atoms with van der Waals surface area (Å²) in [4.78, 5) is 16.3. The maximum absolute atomic E-state index is 11.1. The Morgan fingerprint density at radius 2 is 2.20 bits per heavy atom. The van der Waals surface area contributed by atoms with Crippen molar-refractivity contribution >= 4 is 17.7 Å². The van der Waals surface area contributed by atoms with Crippen LogP contribution in [-0.2, 0) is 5.75 Å². The predicted molar refractivity (Wildman–Crippen MR) is 80.3 cm³/mol. The molecular weight excluding hydrogens is 272 g/mol. The smallest absolute Gasteiger partial charge is 0.335 e. The van der Waals surface area contributed by atoms with Crippen LogP contribution < -0.4 is 0 Å². The molecule has 0 atom stereocenters. The molecule has 5 heteroatoms. The molecule has 0 radical (unpaired) electrons. The number of hydrogen-bond donors (Lipinski definition) is 1. The molecule has 2 aromatic rings. The third kappa shape index (κ3) is 3.22. The topological polar surface area (TPSA) is 55.1 Å². The second-order valence-corrected chi connectivity index (χ2v) is 6.01. The first-order valence-corrected chi connectivity index (χ1v) is 7.45. The van der Waals surface area contributed by atoms with E-state index in [1.165, 1.54) is 0 Å². The number of hydrogen-bond acceptors (Lipinski definition) is 3. The Bertz CT molecular complexity index is 620. The van der Waals surface area contributed by atoms with Crippen molar-refractivity contribution in [1.82, 2.24) is 9.55 Å². The van der Waals surface area contributed by atoms with Crippen LogP contribution in [0.2, 0.25) is 0 Å². The zero-order valence-electron chi connectivity index (χ0n) is 11.8. The molecule has 0 aliphatic heterocycles. The Morgan fingerprint density at radius 1 is 1.45 bits per heavy atom. The van der Waals surface area contributed by atoms with Crippen molar-refractivity contribution in [2.75, 3.05) is 0 Å². The summed E-state index contributed by atoms with van der Waals surface area (Å²) in [5, 5.41) is 9.14. The molecule has 0 saturated carbocycles. The number of imidazole rings is 1. The summed E-state index contributed by atoms with van der Waals surface area (Å²) >= 11 is 1.63. The van der Waals surface area contributed by atoms with Crippen molar-refractivity contribution in [3.8, 4) is 0 Å². The van der Waals surface area contributed by atoms with E-state index < -0.39 is 5.97 Å². The van der Waals surface area contributed by atoms with Gasteiger partial charge in [-0.25, -0.2) is 9.78 Å². The van der Waals surface area contributed by atoms with E-state index in [4.69, 9.17) is 5.11 Å². The molecule has 4 nitrogen and oxygen atoms in total. The normalized spacial score (nSPS) is 11.0. The zero-order valence-corrected chi connectivity index (χ0v) is 12.6. The van der Waals surface area contributed by atoms with Crippen molar-refractivity contribution in [1.29, 1.82) is 0 Å². The van der Waals surface area contributed by atoms with E-state index in [2.05, 4.69) is 23.4 Å². The Morgan fingerprint density at radius 3 is 2.85 bits per heavy atom. The van der Waals surface area contributed by atoms with Crippen LogP contribution >= 0.6 is 11.8 Å². The second kappa shape index (κ2) is 6.13. The average molecular weight is 290 g/mol. The molecule has 0 saturated heterocycles. The first-order chi connectivity index (χ1) is 9.49. The molecule has 1 heterocycles. The predicted octanol–water partition coefficient (Wildman–Crippen LogP) is 3.76. The lowest BCUT2D eigenvalue weighted by molar-refractivity contribution is 0.0696. The summed E-state index contributed by atoms with van der Waals surface area (Å²) in [7, 11) is 0. The molecule has 106 valence electrons. The number of nitrogens with zero attached hydrogens (tertiary/aromatic N) is 2. The SMILES string of the molecule is Cc1ccc(SCc2cncn2C(C)C)cc1C(=O)O. The summed E-state index contributed by atoms with van der Waals surface area (Å²) in [6.07, 6.45) is 3.69. The van der Waals surface area contributed by atoms with Crippen LogP contribution in [0.15, 0.2) is 35.6 Å². The van der Waals surface area contributed by atoms with E-state index >= 15 is 0 Å². The van der Waals surface area contributed by atoms with Gasteiger partial charge in [-0.15, -0.1) is 11.8 Å². The maximum Gasteiger partial charge on any atom is 0.335 e. The number of benzene rings is 1. The van der Waals surface area contributed by atoms with Gasteiger partial charge < -0.3 is 9.67 Å². The van der Waals surface area contributed by atoms with E-state index in [0.29, 0.717) is 11.6 Å². The minimum atomic E-state index is -0.878. The van der Waals surface area contributed by atoms with Crippen LogP contribution in [-0.4, -0.2) is 20.6 Å². The van der Waals surface area contributed by atoms with E-state index in [9.17, 15) is 4.79 Å². The Labute approximate surface area is 122 Å². The fourth-order valence-corrected chi connectivity index (χ4v) is 2.89. The largest absolute Gasteiger partial charge is 0.478 e. The lowest BCUT2D eigenvalue weighted by Gasteiger charge is -2.11. The van der Waals surface area contributed by atoms with Gasteiger partial charge in [-0.2, -0.15) is 0 Å². The number of carbonyl (C=O) groups is 1. The van der Waals surface area contributed by atoms with Gasteiger partial charge in [0.05, 0.1) is 11.9 Å². The van der Waals surface area contributed by atoms with Gasteiger partial charge in [0, 0.05) is 28.6 Å². The van der Waals surface area contributed by atoms with Gasteiger partial charge in [-0.3, -0.25) is 0 Å². The van der Waals surface area contributed by atoms with Gasteiger partial charge in [-0.05, 0) is 38.5 Å². The average Bonchev–Trinajstić information content (AvgIpc) is 2.86. The van der Waals surface area contributed by atoms with Crippen molar-refractivity contribution in [2.24, 2.45) is 0 Å². The monoisotopic (exact) mass is 290 g/mol. The van der Waals surface area contributed by atoms with Crippen molar-refractivity contribution in [2.45, 2.75) is 37.5 Å². The quantitative estimate of drug-likeness (QED) is 0.852. The van der Waals surface area contributed by atoms with Crippen LogP contribution in [0.5, 0.6) is 0 Å². The maximum atomic E-state index is 11.1. The minimum absolute atomic E-state index is 0.368. The number of aryl methyl sites for hydroxylation is 1. The Kier molecular flexibility index (Phi) is 4.49. The number of rotatable bonds is 5. The van der Waals surface area contributed by atoms with Crippen LogP contribution in [0, 0.1) is 6.92 Å². The fourth-order valence-electron chi connectivity index (χ4n) is 1.99. The lowest BCUT2D eigenvalue weighted by atomic mass is 10.1. The number of thioether (sulfide) groups is 1. The molecule has 20 heavy (non-hydrogen) atoms. The van der Waals surface area contributed by atoms with Gasteiger partial charge in [0.15, 0.2) is 0 Å². The van der Waals surface area contributed by atoms with Crippen LogP contribution in [0.4, 0.5) is 0 Å². The van der Waals surface area contributed by atoms with E-state index in [1.54, 1.807) is 17.8 Å². The van der Waals surface area contributed by atoms with E-state index in [-0.39, 0.29) is 0 Å². The number of carboxylic acid groups (broad SMARTS) is 1. The van der Waals surface area contributed by atoms with E-state index in [1.807, 2.05) is 31.6 Å². The fraction of sp³-hybridized carbons (Fsp3) is 0.333. The Hall–Kier alpha value is -1.75. The van der Waals surface area contributed by atoms with Gasteiger partial charge >= 0.3 is 5.97 Å². The molecule has 0 aliphatic carbocycles. The molecule has 0 aliphatic rings. The zero-order chi connectivity index (χ0) is 14.7. The molecule has 1 aromatic heterocycles. The minimum Gasteiger partial charge on any atom is -0.478 e. The first kappa shape index (κ1) is 14.7. The lowest BCUT2D eigenvalue weighted by Crippen LogP contribution is -2.03. The van der Waals surface area contributed by atoms with Crippen LogP contribution in [0.1, 0.15) is 41.5 Å². The molecule has 0 spiro atoms. The summed E-state index contributed by atoms with van der Waals surface area (Å²) in [6, 6.07) is 5.92. The summed E-state index contributed by atoms with van der Waals surface area (Å²) in [5.41, 5.74) is 2.30. The van der Waals surface area contributed by atoms with Crippen LogP contribution in [0.3, 0.4) is 0 Å². The molecular formula is C15H18N2O2S.